The number of hydrogen-bond donors (Lipinski definition) is 0. The van der Waals surface area contributed by atoms with Crippen LogP contribution in [0.15, 0.2) is 53.3 Å². The fraction of sp³-hybridized carbons (Fsp3) is 0.0714. The fourth-order valence-electron chi connectivity index (χ4n) is 1.81. The monoisotopic (exact) mass is 269 g/mol. The Kier molecular flexibility index (Phi) is 3.04. The first-order chi connectivity index (χ1) is 9.78. The molecule has 0 saturated carbocycles. The van der Waals surface area contributed by atoms with Crippen LogP contribution in [0, 0.1) is 0 Å². The quantitative estimate of drug-likeness (QED) is 0.682. The molecule has 6 heteroatoms. The van der Waals surface area contributed by atoms with Crippen LogP contribution in [0.2, 0.25) is 0 Å². The van der Waals surface area contributed by atoms with Gasteiger partial charge >= 0.3 is 5.97 Å². The minimum Gasteiger partial charge on any atom is -0.464 e. The molecular formula is C14H11N3O3. The Hall–Kier alpha value is -2.89. The Morgan fingerprint density at radius 3 is 2.75 bits per heavy atom. The van der Waals surface area contributed by atoms with Gasteiger partial charge in [-0.3, -0.25) is 0 Å². The van der Waals surface area contributed by atoms with E-state index in [2.05, 4.69) is 15.0 Å². The van der Waals surface area contributed by atoms with E-state index in [4.69, 9.17) is 4.52 Å². The molecule has 0 radical (unpaired) electrons. The minimum absolute atomic E-state index is 0.152. The maximum absolute atomic E-state index is 11.3. The van der Waals surface area contributed by atoms with Crippen molar-refractivity contribution in [2.24, 2.45) is 0 Å². The summed E-state index contributed by atoms with van der Waals surface area (Å²) in [6.45, 7) is 0. The van der Waals surface area contributed by atoms with Crippen LogP contribution in [0.3, 0.4) is 0 Å². The highest BCUT2D eigenvalue weighted by Crippen LogP contribution is 2.22. The van der Waals surface area contributed by atoms with Crippen molar-refractivity contribution in [2.45, 2.75) is 0 Å². The number of rotatable bonds is 3. The first kappa shape index (κ1) is 12.2. The first-order valence-corrected chi connectivity index (χ1v) is 5.93. The summed E-state index contributed by atoms with van der Waals surface area (Å²) in [6.07, 6.45) is 3.58. The van der Waals surface area contributed by atoms with E-state index >= 15 is 0 Å². The van der Waals surface area contributed by atoms with Gasteiger partial charge in [0.15, 0.2) is 11.5 Å². The summed E-state index contributed by atoms with van der Waals surface area (Å²) in [5, 5.41) is 7.82. The Morgan fingerprint density at radius 2 is 2.10 bits per heavy atom. The molecule has 20 heavy (non-hydrogen) atoms. The van der Waals surface area contributed by atoms with Crippen LogP contribution >= 0.6 is 0 Å². The molecule has 0 bridgehead atoms. The molecule has 0 amide bonds. The van der Waals surface area contributed by atoms with E-state index in [0.717, 1.165) is 11.3 Å². The Bertz CT molecular complexity index is 714. The molecular weight excluding hydrogens is 258 g/mol. The molecule has 2 aromatic heterocycles. The van der Waals surface area contributed by atoms with Crippen molar-refractivity contribution in [3.63, 3.8) is 0 Å². The van der Waals surface area contributed by atoms with E-state index in [1.54, 1.807) is 16.9 Å². The van der Waals surface area contributed by atoms with Crippen LogP contribution in [-0.2, 0) is 4.74 Å². The molecule has 0 aliphatic heterocycles. The number of carbonyl (C=O) groups excluding carboxylic acids is 1. The third-order valence-electron chi connectivity index (χ3n) is 2.83. The van der Waals surface area contributed by atoms with Crippen LogP contribution in [0.25, 0.3) is 17.0 Å². The maximum atomic E-state index is 11.3. The zero-order valence-electron chi connectivity index (χ0n) is 10.7. The highest BCUT2D eigenvalue weighted by Gasteiger charge is 2.13. The highest BCUT2D eigenvalue weighted by atomic mass is 16.5. The normalized spacial score (nSPS) is 10.4. The average Bonchev–Trinajstić information content (AvgIpc) is 3.18. The zero-order valence-corrected chi connectivity index (χ0v) is 10.7. The van der Waals surface area contributed by atoms with Gasteiger partial charge in [-0.1, -0.05) is 5.16 Å². The topological polar surface area (TPSA) is 70.2 Å². The minimum atomic E-state index is -0.520. The number of esters is 1. The van der Waals surface area contributed by atoms with Crippen molar-refractivity contribution in [1.82, 2.24) is 14.9 Å². The second kappa shape index (κ2) is 5.00. The van der Waals surface area contributed by atoms with E-state index in [0.29, 0.717) is 5.76 Å². The number of benzene rings is 1. The standard InChI is InChI=1S/C14H11N3O3/c1-19-14(18)12-9-13(20-16-12)10-3-5-11(6-4-10)17-8-2-7-15-17/h2-9H,1H3. The SMILES string of the molecule is COC(=O)c1cc(-c2ccc(-n3cccn3)cc2)on1. The molecule has 0 atom stereocenters. The molecule has 0 aliphatic rings. The van der Waals surface area contributed by atoms with Crippen molar-refractivity contribution in [2.75, 3.05) is 7.11 Å². The molecule has 3 rings (SSSR count). The van der Waals surface area contributed by atoms with Crippen LogP contribution in [0.4, 0.5) is 0 Å². The number of carbonyl (C=O) groups is 1. The number of aromatic nitrogens is 3. The Balaban J connectivity index is 1.88. The molecule has 0 aliphatic carbocycles. The van der Waals surface area contributed by atoms with Crippen LogP contribution in [-0.4, -0.2) is 28.0 Å². The lowest BCUT2D eigenvalue weighted by Crippen LogP contribution is -2.00. The molecule has 3 aromatic rings. The van der Waals surface area contributed by atoms with Crippen LogP contribution < -0.4 is 0 Å². The number of nitrogens with zero attached hydrogens (tertiary/aromatic N) is 3. The van der Waals surface area contributed by atoms with E-state index < -0.39 is 5.97 Å². The first-order valence-electron chi connectivity index (χ1n) is 5.93. The lowest BCUT2D eigenvalue weighted by Gasteiger charge is -2.01. The van der Waals surface area contributed by atoms with E-state index in [-0.39, 0.29) is 5.69 Å². The van der Waals surface area contributed by atoms with Crippen molar-refractivity contribution < 1.29 is 14.1 Å². The number of hydrogen-bond acceptors (Lipinski definition) is 5. The summed E-state index contributed by atoms with van der Waals surface area (Å²) < 4.78 is 11.5. The molecule has 0 fully saturated rings. The van der Waals surface area contributed by atoms with Gasteiger partial charge in [0.05, 0.1) is 12.8 Å². The third kappa shape index (κ3) is 2.18. The summed E-state index contributed by atoms with van der Waals surface area (Å²) >= 11 is 0. The van der Waals surface area contributed by atoms with E-state index in [9.17, 15) is 4.79 Å². The van der Waals surface area contributed by atoms with Gasteiger partial charge in [-0.15, -0.1) is 0 Å². The predicted octanol–water partition coefficient (Wildman–Crippen LogP) is 2.31. The van der Waals surface area contributed by atoms with Crippen molar-refractivity contribution in [1.29, 1.82) is 0 Å². The summed E-state index contributed by atoms with van der Waals surface area (Å²) in [4.78, 5) is 11.3. The summed E-state index contributed by atoms with van der Waals surface area (Å²) in [5.74, 6) is -0.00873. The molecule has 0 spiro atoms. The van der Waals surface area contributed by atoms with Crippen molar-refractivity contribution >= 4 is 5.97 Å². The molecule has 0 N–H and O–H groups in total. The number of methoxy groups -OCH3 is 1. The summed E-state index contributed by atoms with van der Waals surface area (Å²) in [7, 11) is 1.30. The van der Waals surface area contributed by atoms with Gasteiger partial charge in [0.1, 0.15) is 0 Å². The van der Waals surface area contributed by atoms with Gasteiger partial charge in [0.2, 0.25) is 0 Å². The van der Waals surface area contributed by atoms with Crippen LogP contribution in [0.1, 0.15) is 10.5 Å². The van der Waals surface area contributed by atoms with Crippen molar-refractivity contribution in [3.8, 4) is 17.0 Å². The molecule has 6 nitrogen and oxygen atoms in total. The largest absolute Gasteiger partial charge is 0.464 e. The maximum Gasteiger partial charge on any atom is 0.360 e. The van der Waals surface area contributed by atoms with E-state index in [1.807, 2.05) is 36.5 Å². The number of ether oxygens (including phenoxy) is 1. The highest BCUT2D eigenvalue weighted by molar-refractivity contribution is 5.88. The predicted molar refractivity (Wildman–Crippen MR) is 70.4 cm³/mol. The van der Waals surface area contributed by atoms with Gasteiger partial charge in [0.25, 0.3) is 0 Å². The summed E-state index contributed by atoms with van der Waals surface area (Å²) in [5.41, 5.74) is 1.91. The zero-order chi connectivity index (χ0) is 13.9. The van der Waals surface area contributed by atoms with Gasteiger partial charge in [-0.2, -0.15) is 5.10 Å². The van der Waals surface area contributed by atoms with Gasteiger partial charge in [0, 0.05) is 24.0 Å². The second-order valence-electron chi connectivity index (χ2n) is 4.07. The third-order valence-corrected chi connectivity index (χ3v) is 2.83. The lowest BCUT2D eigenvalue weighted by atomic mass is 10.1. The second-order valence-corrected chi connectivity index (χ2v) is 4.07. The van der Waals surface area contributed by atoms with E-state index in [1.165, 1.54) is 7.11 Å². The van der Waals surface area contributed by atoms with Gasteiger partial charge in [-0.25, -0.2) is 9.48 Å². The van der Waals surface area contributed by atoms with Crippen LogP contribution in [0.5, 0.6) is 0 Å². The van der Waals surface area contributed by atoms with Gasteiger partial charge in [-0.05, 0) is 30.3 Å². The fourth-order valence-corrected chi connectivity index (χ4v) is 1.81. The van der Waals surface area contributed by atoms with Crippen molar-refractivity contribution in [3.05, 3.63) is 54.5 Å². The summed E-state index contributed by atoms with van der Waals surface area (Å²) in [6, 6.07) is 11.0. The smallest absolute Gasteiger partial charge is 0.360 e. The Morgan fingerprint density at radius 1 is 1.30 bits per heavy atom. The molecule has 1 aromatic carbocycles. The Labute approximate surface area is 114 Å². The molecule has 0 unspecified atom stereocenters. The lowest BCUT2D eigenvalue weighted by molar-refractivity contribution is 0.0589. The molecule has 100 valence electrons. The van der Waals surface area contributed by atoms with Gasteiger partial charge < -0.3 is 9.26 Å². The molecule has 0 saturated heterocycles. The average molecular weight is 269 g/mol. The molecule has 2 heterocycles.